The quantitative estimate of drug-likeness (QED) is 0.668. The number of likely N-dealkylation sites (tertiary alicyclic amines) is 1. The number of carboxylic acids is 1. The van der Waals surface area contributed by atoms with Crippen LogP contribution in [-0.4, -0.2) is 53.7 Å². The van der Waals surface area contributed by atoms with Crippen LogP contribution < -0.4 is 5.32 Å². The maximum Gasteiger partial charge on any atom is 0.407 e. The molecule has 2 amide bonds. The van der Waals surface area contributed by atoms with Crippen molar-refractivity contribution in [1.82, 2.24) is 10.2 Å². The van der Waals surface area contributed by atoms with E-state index in [-0.39, 0.29) is 43.9 Å². The number of carbonyl (C=O) groups excluding carboxylic acids is 2. The standard InChI is InChI=1S/C26H30N2O5/c1-16(2)22(12-23(29)28-14-26(3,15-28)24(30)31)27-25(32)33-13-21-19-10-6-4-8-17(19)18-9-5-7-11-20(18)21/h4-11,16,21-22H,12-15H2,1-3H3,(H,27,32)(H,30,31)/t22-/m1/s1. The van der Waals surface area contributed by atoms with Gasteiger partial charge in [0.25, 0.3) is 0 Å². The molecule has 1 heterocycles. The van der Waals surface area contributed by atoms with Gasteiger partial charge in [-0.15, -0.1) is 0 Å². The summed E-state index contributed by atoms with van der Waals surface area (Å²) in [7, 11) is 0. The fourth-order valence-corrected chi connectivity index (χ4v) is 4.67. The number of nitrogens with zero attached hydrogens (tertiary/aromatic N) is 1. The Morgan fingerprint density at radius 1 is 1.06 bits per heavy atom. The molecule has 1 aliphatic carbocycles. The molecule has 2 aromatic carbocycles. The molecule has 1 saturated heterocycles. The first-order valence-electron chi connectivity index (χ1n) is 11.3. The summed E-state index contributed by atoms with van der Waals surface area (Å²) in [6.07, 6.45) is -0.445. The molecule has 0 aromatic heterocycles. The van der Waals surface area contributed by atoms with E-state index in [0.717, 1.165) is 22.3 Å². The van der Waals surface area contributed by atoms with Gasteiger partial charge in [0.1, 0.15) is 6.61 Å². The van der Waals surface area contributed by atoms with Gasteiger partial charge in [-0.3, -0.25) is 9.59 Å². The minimum atomic E-state index is -0.899. The van der Waals surface area contributed by atoms with Crippen molar-refractivity contribution in [1.29, 1.82) is 0 Å². The summed E-state index contributed by atoms with van der Waals surface area (Å²) < 4.78 is 5.61. The molecule has 7 heteroatoms. The molecule has 0 spiro atoms. The van der Waals surface area contributed by atoms with Crippen LogP contribution in [0.5, 0.6) is 0 Å². The maximum absolute atomic E-state index is 12.6. The summed E-state index contributed by atoms with van der Waals surface area (Å²) in [5.41, 5.74) is 3.72. The van der Waals surface area contributed by atoms with Gasteiger partial charge in [0, 0.05) is 31.5 Å². The van der Waals surface area contributed by atoms with E-state index in [1.807, 2.05) is 38.1 Å². The highest BCUT2D eigenvalue weighted by Crippen LogP contribution is 2.44. The van der Waals surface area contributed by atoms with E-state index in [2.05, 4.69) is 29.6 Å². The van der Waals surface area contributed by atoms with E-state index in [1.54, 1.807) is 6.92 Å². The van der Waals surface area contributed by atoms with Crippen molar-refractivity contribution < 1.29 is 24.2 Å². The molecule has 2 aromatic rings. The van der Waals surface area contributed by atoms with Gasteiger partial charge in [-0.25, -0.2) is 4.79 Å². The summed E-state index contributed by atoms with van der Waals surface area (Å²) in [4.78, 5) is 38.0. The molecule has 33 heavy (non-hydrogen) atoms. The number of benzene rings is 2. The van der Waals surface area contributed by atoms with Crippen molar-refractivity contribution in [3.63, 3.8) is 0 Å². The van der Waals surface area contributed by atoms with Crippen LogP contribution in [0.3, 0.4) is 0 Å². The van der Waals surface area contributed by atoms with Crippen LogP contribution in [-0.2, 0) is 14.3 Å². The Morgan fingerprint density at radius 2 is 1.61 bits per heavy atom. The molecule has 0 bridgehead atoms. The lowest BCUT2D eigenvalue weighted by Crippen LogP contribution is -2.61. The number of aliphatic carboxylic acids is 1. The maximum atomic E-state index is 12.6. The lowest BCUT2D eigenvalue weighted by atomic mass is 9.81. The van der Waals surface area contributed by atoms with Gasteiger partial charge in [-0.2, -0.15) is 0 Å². The normalized spacial score (nSPS) is 17.0. The average molecular weight is 451 g/mol. The topological polar surface area (TPSA) is 95.9 Å². The highest BCUT2D eigenvalue weighted by Gasteiger charge is 2.47. The summed E-state index contributed by atoms with van der Waals surface area (Å²) in [6.45, 7) is 6.09. The first-order chi connectivity index (χ1) is 15.7. The molecular formula is C26H30N2O5. The summed E-state index contributed by atoms with van der Waals surface area (Å²) >= 11 is 0. The molecule has 2 N–H and O–H groups in total. The highest BCUT2D eigenvalue weighted by molar-refractivity contribution is 5.84. The van der Waals surface area contributed by atoms with Gasteiger partial charge < -0.3 is 20.1 Å². The zero-order valence-corrected chi connectivity index (χ0v) is 19.2. The third kappa shape index (κ3) is 4.45. The predicted octanol–water partition coefficient (Wildman–Crippen LogP) is 3.87. The summed E-state index contributed by atoms with van der Waals surface area (Å²) in [6, 6.07) is 15.9. The first-order valence-corrected chi connectivity index (χ1v) is 11.3. The van der Waals surface area contributed by atoms with Crippen molar-refractivity contribution >= 4 is 18.0 Å². The first kappa shape index (κ1) is 22.8. The second-order valence-corrected chi connectivity index (χ2v) is 9.64. The monoisotopic (exact) mass is 450 g/mol. The van der Waals surface area contributed by atoms with Crippen LogP contribution >= 0.6 is 0 Å². The van der Waals surface area contributed by atoms with Crippen molar-refractivity contribution in [2.75, 3.05) is 19.7 Å². The average Bonchev–Trinajstić information content (AvgIpc) is 3.08. The molecule has 0 unspecified atom stereocenters. The van der Waals surface area contributed by atoms with Gasteiger partial charge in [-0.05, 0) is 35.1 Å². The Labute approximate surface area is 193 Å². The Hall–Kier alpha value is -3.35. The zero-order chi connectivity index (χ0) is 23.8. The third-order valence-corrected chi connectivity index (χ3v) is 6.79. The SMILES string of the molecule is CC(C)[C@@H](CC(=O)N1CC(C)(C(=O)O)C1)NC(=O)OCC1c2ccccc2-c2ccccc21. The number of alkyl carbamates (subject to hydrolysis) is 1. The molecule has 0 saturated carbocycles. The van der Waals surface area contributed by atoms with Crippen LogP contribution in [0.2, 0.25) is 0 Å². The van der Waals surface area contributed by atoms with Crippen molar-refractivity contribution in [3.8, 4) is 11.1 Å². The van der Waals surface area contributed by atoms with E-state index in [1.165, 1.54) is 4.90 Å². The van der Waals surface area contributed by atoms with Crippen molar-refractivity contribution in [2.45, 2.75) is 39.2 Å². The summed E-state index contributed by atoms with van der Waals surface area (Å²) in [5, 5.41) is 12.1. The van der Waals surface area contributed by atoms with E-state index in [4.69, 9.17) is 4.74 Å². The number of nitrogens with one attached hydrogen (secondary N) is 1. The minimum Gasteiger partial charge on any atom is -0.481 e. The molecule has 1 atom stereocenters. The van der Waals surface area contributed by atoms with E-state index < -0.39 is 23.5 Å². The lowest BCUT2D eigenvalue weighted by molar-refractivity contribution is -0.164. The second kappa shape index (κ2) is 8.89. The molecule has 1 fully saturated rings. The van der Waals surface area contributed by atoms with E-state index in [0.29, 0.717) is 0 Å². The van der Waals surface area contributed by atoms with Crippen LogP contribution in [0.15, 0.2) is 48.5 Å². The molecule has 4 rings (SSSR count). The lowest BCUT2D eigenvalue weighted by Gasteiger charge is -2.45. The number of carboxylic acid groups (broad SMARTS) is 1. The number of hydrogen-bond acceptors (Lipinski definition) is 4. The fourth-order valence-electron chi connectivity index (χ4n) is 4.67. The number of rotatable bonds is 7. The zero-order valence-electron chi connectivity index (χ0n) is 19.2. The Kier molecular flexibility index (Phi) is 6.15. The van der Waals surface area contributed by atoms with Gasteiger partial charge in [0.05, 0.1) is 5.41 Å². The molecule has 7 nitrogen and oxygen atoms in total. The van der Waals surface area contributed by atoms with Crippen molar-refractivity contribution in [3.05, 3.63) is 59.7 Å². The van der Waals surface area contributed by atoms with Gasteiger partial charge in [0.2, 0.25) is 5.91 Å². The van der Waals surface area contributed by atoms with Crippen LogP contribution in [0.25, 0.3) is 11.1 Å². The van der Waals surface area contributed by atoms with Crippen LogP contribution in [0.1, 0.15) is 44.2 Å². The van der Waals surface area contributed by atoms with Gasteiger partial charge >= 0.3 is 12.1 Å². The van der Waals surface area contributed by atoms with E-state index in [9.17, 15) is 19.5 Å². The Morgan fingerprint density at radius 3 is 2.12 bits per heavy atom. The number of fused-ring (bicyclic) bond motifs is 3. The van der Waals surface area contributed by atoms with Gasteiger partial charge in [0.15, 0.2) is 0 Å². The predicted molar refractivity (Wildman–Crippen MR) is 124 cm³/mol. The minimum absolute atomic E-state index is 0.0153. The molecule has 1 aliphatic heterocycles. The molecular weight excluding hydrogens is 420 g/mol. The Bertz CT molecular complexity index is 1030. The number of ether oxygens (including phenoxy) is 1. The smallest absolute Gasteiger partial charge is 0.407 e. The molecule has 2 aliphatic rings. The molecule has 174 valence electrons. The fraction of sp³-hybridized carbons (Fsp3) is 0.423. The van der Waals surface area contributed by atoms with E-state index >= 15 is 0 Å². The summed E-state index contributed by atoms with van der Waals surface area (Å²) in [5.74, 6) is -1.08. The van der Waals surface area contributed by atoms with Gasteiger partial charge in [-0.1, -0.05) is 62.4 Å². The largest absolute Gasteiger partial charge is 0.481 e. The Balaban J connectivity index is 1.35. The highest BCUT2D eigenvalue weighted by atomic mass is 16.5. The van der Waals surface area contributed by atoms with Crippen LogP contribution in [0, 0.1) is 11.3 Å². The van der Waals surface area contributed by atoms with Crippen LogP contribution in [0.4, 0.5) is 4.79 Å². The third-order valence-electron chi connectivity index (χ3n) is 6.79. The molecule has 0 radical (unpaired) electrons. The van der Waals surface area contributed by atoms with Crippen molar-refractivity contribution in [2.24, 2.45) is 11.3 Å². The number of hydrogen-bond donors (Lipinski definition) is 2. The second-order valence-electron chi connectivity index (χ2n) is 9.64. The number of carbonyl (C=O) groups is 3. The number of amides is 2.